The highest BCUT2D eigenvalue weighted by Gasteiger charge is 2.27. The number of benzene rings is 1. The van der Waals surface area contributed by atoms with Gasteiger partial charge in [0, 0.05) is 19.2 Å². The number of aromatic nitrogens is 4. The normalized spacial score (nSPS) is 16.4. The Labute approximate surface area is 234 Å². The van der Waals surface area contributed by atoms with Gasteiger partial charge in [-0.3, -0.25) is 4.79 Å². The Morgan fingerprint density at radius 1 is 1.23 bits per heavy atom. The fraction of sp³-hybridized carbons (Fsp3) is 0.517. The number of fused-ring (bicyclic) bond motifs is 1. The summed E-state index contributed by atoms with van der Waals surface area (Å²) in [5.74, 6) is 2.83. The first kappa shape index (κ1) is 27.4. The van der Waals surface area contributed by atoms with Crippen molar-refractivity contribution >= 4 is 23.5 Å². The quantitative estimate of drug-likeness (QED) is 0.357. The van der Waals surface area contributed by atoms with E-state index in [2.05, 4.69) is 31.8 Å². The largest absolute Gasteiger partial charge is 0.493 e. The number of hydrogen-bond donors (Lipinski definition) is 1. The number of ether oxygens (including phenoxy) is 1. The van der Waals surface area contributed by atoms with Crippen LogP contribution in [0.15, 0.2) is 30.6 Å². The first-order valence-corrected chi connectivity index (χ1v) is 14.2. The number of piperidine rings is 1. The summed E-state index contributed by atoms with van der Waals surface area (Å²) >= 11 is 5.91. The molecule has 0 radical (unpaired) electrons. The molecule has 0 spiro atoms. The van der Waals surface area contributed by atoms with E-state index in [0.717, 1.165) is 61.9 Å². The molecule has 4 heterocycles. The van der Waals surface area contributed by atoms with Crippen molar-refractivity contribution in [1.29, 1.82) is 0 Å². The molecule has 3 aromatic rings. The van der Waals surface area contributed by atoms with Gasteiger partial charge >= 0.3 is 0 Å². The summed E-state index contributed by atoms with van der Waals surface area (Å²) in [6.07, 6.45) is 8.75. The molecule has 1 atom stereocenters. The molecule has 1 saturated heterocycles. The molecular weight excluding hydrogens is 519 g/mol. The zero-order chi connectivity index (χ0) is 27.4. The van der Waals surface area contributed by atoms with Crippen molar-refractivity contribution in [3.05, 3.63) is 64.2 Å². The summed E-state index contributed by atoms with van der Waals surface area (Å²) in [5, 5.41) is 0.553. The fourth-order valence-corrected chi connectivity index (χ4v) is 5.73. The number of rotatable bonds is 10. The molecule has 1 N–H and O–H groups in total. The average molecular weight is 555 g/mol. The maximum atomic E-state index is 14.8. The number of imidazole rings is 1. The molecule has 0 aliphatic carbocycles. The third kappa shape index (κ3) is 6.87. The molecule has 1 fully saturated rings. The monoisotopic (exact) mass is 554 g/mol. The number of aromatic amines is 1. The molecule has 10 heteroatoms. The summed E-state index contributed by atoms with van der Waals surface area (Å²) in [6.45, 7) is 7.54. The average Bonchev–Trinajstić information content (AvgIpc) is 3.48. The molecule has 0 bridgehead atoms. The lowest BCUT2D eigenvalue weighted by Crippen LogP contribution is -2.35. The van der Waals surface area contributed by atoms with Gasteiger partial charge in [0.2, 0.25) is 11.9 Å². The minimum absolute atomic E-state index is 0.0240. The van der Waals surface area contributed by atoms with Crippen molar-refractivity contribution in [3.8, 4) is 5.75 Å². The number of carbonyl (C=O) groups is 1. The lowest BCUT2D eigenvalue weighted by molar-refractivity contribution is -0.131. The van der Waals surface area contributed by atoms with Gasteiger partial charge in [0.1, 0.15) is 17.4 Å². The zero-order valence-corrected chi connectivity index (χ0v) is 23.4. The molecule has 39 heavy (non-hydrogen) atoms. The Hall–Kier alpha value is -3.20. The zero-order valence-electron chi connectivity index (χ0n) is 22.6. The predicted molar refractivity (Wildman–Crippen MR) is 148 cm³/mol. The second-order valence-electron chi connectivity index (χ2n) is 10.7. The molecule has 1 amide bonds. The van der Waals surface area contributed by atoms with Gasteiger partial charge < -0.3 is 19.5 Å². The Morgan fingerprint density at radius 3 is 2.69 bits per heavy atom. The molecule has 5 rings (SSSR count). The van der Waals surface area contributed by atoms with E-state index in [4.69, 9.17) is 16.3 Å². The van der Waals surface area contributed by atoms with Crippen LogP contribution in [-0.4, -0.2) is 50.4 Å². The topological polar surface area (TPSA) is 87.2 Å². The van der Waals surface area contributed by atoms with Crippen molar-refractivity contribution in [3.63, 3.8) is 0 Å². The van der Waals surface area contributed by atoms with Crippen LogP contribution in [0.3, 0.4) is 0 Å². The number of nitrogens with one attached hydrogen (secondary N) is 1. The third-order valence-corrected chi connectivity index (χ3v) is 8.13. The van der Waals surface area contributed by atoms with Crippen LogP contribution in [0.5, 0.6) is 5.75 Å². The number of H-pyrrole nitrogens is 1. The van der Waals surface area contributed by atoms with E-state index in [1.807, 2.05) is 6.92 Å². The number of amides is 1. The maximum Gasteiger partial charge on any atom is 0.227 e. The van der Waals surface area contributed by atoms with Crippen LogP contribution in [0, 0.1) is 24.6 Å². The highest BCUT2D eigenvalue weighted by atomic mass is 35.5. The van der Waals surface area contributed by atoms with Gasteiger partial charge in [-0.1, -0.05) is 31.0 Å². The molecule has 2 aliphatic rings. The van der Waals surface area contributed by atoms with Crippen molar-refractivity contribution in [2.24, 2.45) is 11.8 Å². The summed E-state index contributed by atoms with van der Waals surface area (Å²) in [5.41, 5.74) is 2.25. The van der Waals surface area contributed by atoms with Gasteiger partial charge in [0.15, 0.2) is 0 Å². The van der Waals surface area contributed by atoms with Crippen LogP contribution in [-0.2, 0) is 24.3 Å². The number of hydrogen-bond acceptors (Lipinski definition) is 6. The molecule has 8 nitrogen and oxygen atoms in total. The highest BCUT2D eigenvalue weighted by molar-refractivity contribution is 6.30. The molecule has 0 saturated carbocycles. The maximum absolute atomic E-state index is 14.8. The number of aryl methyl sites for hydroxylation is 1. The number of carbonyl (C=O) groups excluding carboxylic acids is 1. The van der Waals surface area contributed by atoms with Crippen LogP contribution >= 0.6 is 11.6 Å². The first-order valence-electron chi connectivity index (χ1n) is 13.8. The highest BCUT2D eigenvalue weighted by Crippen LogP contribution is 2.29. The predicted octanol–water partition coefficient (Wildman–Crippen LogP) is 5.49. The van der Waals surface area contributed by atoms with E-state index in [-0.39, 0.29) is 12.3 Å². The minimum atomic E-state index is -0.406. The second kappa shape index (κ2) is 12.3. The van der Waals surface area contributed by atoms with Crippen molar-refractivity contribution in [2.45, 2.75) is 65.5 Å². The van der Waals surface area contributed by atoms with E-state index in [1.165, 1.54) is 12.5 Å². The SMILES string of the molecule is CC[C@@H](CCOc1ccc(CC(=O)N2Cc3nc(C)[nH]c3C2)c(F)c1)CC1CCN(c2ncc(Cl)cn2)CC1. The van der Waals surface area contributed by atoms with Crippen LogP contribution in [0.2, 0.25) is 5.02 Å². The fourth-order valence-electron chi connectivity index (χ4n) is 5.63. The summed E-state index contributed by atoms with van der Waals surface area (Å²) < 4.78 is 20.7. The van der Waals surface area contributed by atoms with E-state index in [1.54, 1.807) is 29.4 Å². The van der Waals surface area contributed by atoms with Crippen molar-refractivity contribution in [1.82, 2.24) is 24.8 Å². The lowest BCUT2D eigenvalue weighted by atomic mass is 9.85. The second-order valence-corrected chi connectivity index (χ2v) is 11.1. The van der Waals surface area contributed by atoms with Crippen molar-refractivity contribution in [2.75, 3.05) is 24.6 Å². The standard InChI is InChI=1S/C29H36ClFN6O2/c1-3-20(12-21-6-9-36(10-7-21)29-32-15-23(30)16-33-29)8-11-39-24-5-4-22(25(31)14-24)13-28(38)37-17-26-27(18-37)35-19(2)34-26/h4-5,14-16,20-21H,3,6-13,17-18H2,1-2H3,(H,34,35)/t20-/m0/s1. The number of halogens is 2. The van der Waals surface area contributed by atoms with Gasteiger partial charge in [-0.25, -0.2) is 19.3 Å². The van der Waals surface area contributed by atoms with Gasteiger partial charge in [-0.05, 0) is 56.1 Å². The number of nitrogens with zero attached hydrogens (tertiary/aromatic N) is 5. The molecule has 2 aromatic heterocycles. The summed E-state index contributed by atoms with van der Waals surface area (Å²) in [6, 6.07) is 4.82. The van der Waals surface area contributed by atoms with Gasteiger partial charge in [0.25, 0.3) is 0 Å². The lowest BCUT2D eigenvalue weighted by Gasteiger charge is -2.33. The summed E-state index contributed by atoms with van der Waals surface area (Å²) in [4.78, 5) is 32.9. The van der Waals surface area contributed by atoms with Gasteiger partial charge in [0.05, 0.1) is 54.9 Å². The first-order chi connectivity index (χ1) is 18.9. The van der Waals surface area contributed by atoms with Crippen LogP contribution in [0.4, 0.5) is 10.3 Å². The minimum Gasteiger partial charge on any atom is -0.493 e. The Kier molecular flexibility index (Phi) is 8.65. The molecule has 1 aromatic carbocycles. The number of anilines is 1. The van der Waals surface area contributed by atoms with Gasteiger partial charge in [-0.15, -0.1) is 0 Å². The summed E-state index contributed by atoms with van der Waals surface area (Å²) in [7, 11) is 0. The van der Waals surface area contributed by atoms with Crippen LogP contribution in [0.25, 0.3) is 0 Å². The molecule has 208 valence electrons. The Balaban J connectivity index is 1.04. The van der Waals surface area contributed by atoms with E-state index >= 15 is 0 Å². The smallest absolute Gasteiger partial charge is 0.227 e. The molecule has 2 aliphatic heterocycles. The molecular formula is C29H36ClFN6O2. The van der Waals surface area contributed by atoms with E-state index in [0.29, 0.717) is 47.9 Å². The Bertz CT molecular complexity index is 1250. The van der Waals surface area contributed by atoms with Crippen molar-refractivity contribution < 1.29 is 13.9 Å². The van der Waals surface area contributed by atoms with E-state index < -0.39 is 5.82 Å². The third-order valence-electron chi connectivity index (χ3n) is 7.93. The van der Waals surface area contributed by atoms with Gasteiger partial charge in [-0.2, -0.15) is 0 Å². The van der Waals surface area contributed by atoms with E-state index in [9.17, 15) is 9.18 Å². The Morgan fingerprint density at radius 2 is 2.00 bits per heavy atom. The van der Waals surface area contributed by atoms with Crippen LogP contribution in [0.1, 0.15) is 61.8 Å². The van der Waals surface area contributed by atoms with Crippen LogP contribution < -0.4 is 9.64 Å². The molecule has 0 unspecified atom stereocenters.